The van der Waals surface area contributed by atoms with Crippen LogP contribution in [0.15, 0.2) is 18.3 Å². The first-order chi connectivity index (χ1) is 7.92. The lowest BCUT2D eigenvalue weighted by Gasteiger charge is -2.36. The van der Waals surface area contributed by atoms with E-state index < -0.39 is 0 Å². The highest BCUT2D eigenvalue weighted by atomic mass is 15.2. The van der Waals surface area contributed by atoms with Crippen molar-refractivity contribution < 1.29 is 0 Å². The summed E-state index contributed by atoms with van der Waals surface area (Å²) in [6, 6.07) is 4.19. The second-order valence-corrected chi connectivity index (χ2v) is 5.18. The third-order valence-corrected chi connectivity index (χ3v) is 3.75. The molecule has 0 amide bonds. The molecule has 1 rings (SSSR count). The molecule has 2 N–H and O–H groups in total. The summed E-state index contributed by atoms with van der Waals surface area (Å²) in [6.45, 7) is 8.75. The molecule has 0 aromatic carbocycles. The highest BCUT2D eigenvalue weighted by Gasteiger charge is 2.21. The molecule has 1 aromatic heterocycles. The Morgan fingerprint density at radius 2 is 2.00 bits per heavy atom. The smallest absolute Gasteiger partial charge is 0.0572 e. The predicted molar refractivity (Wildman–Crippen MR) is 74.2 cm³/mol. The van der Waals surface area contributed by atoms with Crippen LogP contribution in [0.25, 0.3) is 0 Å². The normalized spacial score (nSPS) is 13.5. The van der Waals surface area contributed by atoms with Gasteiger partial charge in [-0.05, 0) is 38.8 Å². The molecular weight excluding hydrogens is 210 g/mol. The van der Waals surface area contributed by atoms with Gasteiger partial charge in [0.1, 0.15) is 0 Å². The number of anilines is 1. The Hall–Kier alpha value is -1.09. The van der Waals surface area contributed by atoms with Crippen LogP contribution in [0.2, 0.25) is 0 Å². The van der Waals surface area contributed by atoms with Crippen LogP contribution in [-0.2, 0) is 0 Å². The molecule has 0 radical (unpaired) electrons. The van der Waals surface area contributed by atoms with Crippen LogP contribution in [0.3, 0.4) is 0 Å². The highest BCUT2D eigenvalue weighted by Crippen LogP contribution is 2.24. The van der Waals surface area contributed by atoms with Gasteiger partial charge in [-0.3, -0.25) is 4.98 Å². The van der Waals surface area contributed by atoms with Crippen LogP contribution in [-0.4, -0.2) is 17.6 Å². The summed E-state index contributed by atoms with van der Waals surface area (Å²) in [4.78, 5) is 6.72. The van der Waals surface area contributed by atoms with Crippen molar-refractivity contribution in [3.05, 3.63) is 24.0 Å². The maximum absolute atomic E-state index is 5.96. The first-order valence-electron chi connectivity index (χ1n) is 6.37. The molecule has 0 aliphatic rings. The van der Waals surface area contributed by atoms with Gasteiger partial charge in [-0.25, -0.2) is 0 Å². The van der Waals surface area contributed by atoms with Crippen LogP contribution in [0.4, 0.5) is 5.69 Å². The molecule has 0 unspecified atom stereocenters. The van der Waals surface area contributed by atoms with E-state index >= 15 is 0 Å². The van der Waals surface area contributed by atoms with E-state index in [0.717, 1.165) is 24.2 Å². The van der Waals surface area contributed by atoms with Crippen molar-refractivity contribution in [3.8, 4) is 0 Å². The SMILES string of the molecule is CC[C@H](N)c1ccc(N(C)C(C)(C)CC)cn1. The van der Waals surface area contributed by atoms with E-state index in [1.165, 1.54) is 0 Å². The highest BCUT2D eigenvalue weighted by molar-refractivity contribution is 5.46. The Kier molecular flexibility index (Phi) is 4.52. The molecule has 0 saturated heterocycles. The van der Waals surface area contributed by atoms with Gasteiger partial charge < -0.3 is 10.6 Å². The molecule has 3 heteroatoms. The van der Waals surface area contributed by atoms with Crippen LogP contribution in [0.1, 0.15) is 52.3 Å². The molecule has 0 aliphatic carbocycles. The summed E-state index contributed by atoms with van der Waals surface area (Å²) >= 11 is 0. The largest absolute Gasteiger partial charge is 0.368 e. The summed E-state index contributed by atoms with van der Waals surface area (Å²) in [7, 11) is 2.11. The maximum Gasteiger partial charge on any atom is 0.0572 e. The van der Waals surface area contributed by atoms with Crippen molar-refractivity contribution in [3.63, 3.8) is 0 Å². The van der Waals surface area contributed by atoms with Crippen LogP contribution < -0.4 is 10.6 Å². The molecule has 0 aliphatic heterocycles. The van der Waals surface area contributed by atoms with Crippen molar-refractivity contribution >= 4 is 5.69 Å². The van der Waals surface area contributed by atoms with Crippen LogP contribution >= 0.6 is 0 Å². The fourth-order valence-electron chi connectivity index (χ4n) is 1.61. The van der Waals surface area contributed by atoms with E-state index in [2.05, 4.69) is 50.7 Å². The summed E-state index contributed by atoms with van der Waals surface area (Å²) < 4.78 is 0. The summed E-state index contributed by atoms with van der Waals surface area (Å²) in [5.74, 6) is 0. The molecule has 0 bridgehead atoms. The molecule has 96 valence electrons. The van der Waals surface area contributed by atoms with Gasteiger partial charge >= 0.3 is 0 Å². The molecular formula is C14H25N3. The number of nitrogens with two attached hydrogens (primary N) is 1. The van der Waals surface area contributed by atoms with Gasteiger partial charge in [0.05, 0.1) is 17.6 Å². The monoisotopic (exact) mass is 235 g/mol. The van der Waals surface area contributed by atoms with Crippen molar-refractivity contribution in [2.45, 2.75) is 52.1 Å². The first kappa shape index (κ1) is 14.0. The standard InChI is InChI=1S/C14H25N3/c1-6-12(15)13-9-8-11(10-16-13)17(5)14(3,4)7-2/h8-10,12H,6-7,15H2,1-5H3/t12-/m0/s1. The number of hydrogen-bond donors (Lipinski definition) is 1. The average molecular weight is 235 g/mol. The van der Waals surface area contributed by atoms with E-state index in [0.29, 0.717) is 0 Å². The molecule has 1 atom stereocenters. The number of pyridine rings is 1. The minimum absolute atomic E-state index is 0.0496. The zero-order valence-corrected chi connectivity index (χ0v) is 11.7. The van der Waals surface area contributed by atoms with E-state index in [-0.39, 0.29) is 11.6 Å². The van der Waals surface area contributed by atoms with Crippen LogP contribution in [0.5, 0.6) is 0 Å². The van der Waals surface area contributed by atoms with Crippen molar-refractivity contribution in [1.82, 2.24) is 4.98 Å². The van der Waals surface area contributed by atoms with Crippen molar-refractivity contribution in [2.24, 2.45) is 5.73 Å². The molecule has 3 nitrogen and oxygen atoms in total. The van der Waals surface area contributed by atoms with E-state index in [9.17, 15) is 0 Å². The number of nitrogens with zero attached hydrogens (tertiary/aromatic N) is 2. The topological polar surface area (TPSA) is 42.1 Å². The lowest BCUT2D eigenvalue weighted by Crippen LogP contribution is -2.40. The molecule has 17 heavy (non-hydrogen) atoms. The Labute approximate surface area is 105 Å². The molecule has 1 heterocycles. The fourth-order valence-corrected chi connectivity index (χ4v) is 1.61. The molecule has 1 aromatic rings. The first-order valence-corrected chi connectivity index (χ1v) is 6.37. The fraction of sp³-hybridized carbons (Fsp3) is 0.643. The third-order valence-electron chi connectivity index (χ3n) is 3.75. The van der Waals surface area contributed by atoms with Gasteiger partial charge in [-0.1, -0.05) is 13.8 Å². The summed E-state index contributed by atoms with van der Waals surface area (Å²) in [5.41, 5.74) is 8.22. The van der Waals surface area contributed by atoms with Gasteiger partial charge in [0.25, 0.3) is 0 Å². The van der Waals surface area contributed by atoms with E-state index in [4.69, 9.17) is 5.73 Å². The third kappa shape index (κ3) is 3.19. The van der Waals surface area contributed by atoms with Gasteiger partial charge in [0.15, 0.2) is 0 Å². The van der Waals surface area contributed by atoms with Gasteiger partial charge in [-0.15, -0.1) is 0 Å². The molecule has 0 fully saturated rings. The lowest BCUT2D eigenvalue weighted by atomic mass is 9.99. The minimum atomic E-state index is 0.0496. The second kappa shape index (κ2) is 5.50. The van der Waals surface area contributed by atoms with E-state index in [1.54, 1.807) is 0 Å². The Balaban J connectivity index is 2.88. The van der Waals surface area contributed by atoms with Gasteiger partial charge in [0, 0.05) is 18.6 Å². The Morgan fingerprint density at radius 1 is 1.35 bits per heavy atom. The van der Waals surface area contributed by atoms with Gasteiger partial charge in [0.2, 0.25) is 0 Å². The van der Waals surface area contributed by atoms with Crippen molar-refractivity contribution in [2.75, 3.05) is 11.9 Å². The average Bonchev–Trinajstić information content (AvgIpc) is 2.37. The zero-order valence-electron chi connectivity index (χ0n) is 11.7. The minimum Gasteiger partial charge on any atom is -0.368 e. The van der Waals surface area contributed by atoms with E-state index in [1.807, 2.05) is 12.3 Å². The molecule has 0 saturated carbocycles. The Bertz CT molecular complexity index is 343. The number of rotatable bonds is 5. The lowest BCUT2D eigenvalue weighted by molar-refractivity contribution is 0.470. The second-order valence-electron chi connectivity index (χ2n) is 5.18. The maximum atomic E-state index is 5.96. The zero-order chi connectivity index (χ0) is 13.1. The quantitative estimate of drug-likeness (QED) is 0.852. The van der Waals surface area contributed by atoms with Gasteiger partial charge in [-0.2, -0.15) is 0 Å². The Morgan fingerprint density at radius 3 is 2.41 bits per heavy atom. The van der Waals surface area contributed by atoms with Crippen molar-refractivity contribution in [1.29, 1.82) is 0 Å². The summed E-state index contributed by atoms with van der Waals surface area (Å²) in [5, 5.41) is 0. The molecule has 0 spiro atoms. The number of aromatic nitrogens is 1. The predicted octanol–water partition coefficient (Wildman–Crippen LogP) is 3.12. The number of hydrogen-bond acceptors (Lipinski definition) is 3. The van der Waals surface area contributed by atoms with Crippen LogP contribution in [0, 0.1) is 0 Å². The summed E-state index contributed by atoms with van der Waals surface area (Å²) in [6.07, 6.45) is 3.94.